The van der Waals surface area contributed by atoms with Crippen LogP contribution < -0.4 is 5.32 Å². The average Bonchev–Trinajstić information content (AvgIpc) is 3.08. The third kappa shape index (κ3) is 3.46. The molecule has 4 rings (SSSR count). The van der Waals surface area contributed by atoms with Gasteiger partial charge >= 0.3 is 0 Å². The second kappa shape index (κ2) is 6.68. The Bertz CT molecular complexity index is 1140. The highest BCUT2D eigenvalue weighted by Crippen LogP contribution is 2.25. The molecule has 3 aromatic rings. The highest BCUT2D eigenvalue weighted by atomic mass is 32.2. The Balaban J connectivity index is 1.65. The van der Waals surface area contributed by atoms with Crippen molar-refractivity contribution in [3.8, 4) is 0 Å². The van der Waals surface area contributed by atoms with E-state index in [2.05, 4.69) is 25.6 Å². The Labute approximate surface area is 159 Å². The molecule has 3 heterocycles. The van der Waals surface area contributed by atoms with Gasteiger partial charge in [0, 0.05) is 36.8 Å². The number of hydrogen-bond acceptors (Lipinski definition) is 7. The molecule has 0 bridgehead atoms. The number of fused-ring (bicyclic) bond motifs is 3. The first-order valence-electron chi connectivity index (χ1n) is 9.47. The lowest BCUT2D eigenvalue weighted by Gasteiger charge is -2.30. The normalized spacial score (nSPS) is 17.7. The number of anilines is 1. The summed E-state index contributed by atoms with van der Waals surface area (Å²) in [4.78, 5) is 9.07. The molecule has 0 amide bonds. The van der Waals surface area contributed by atoms with Crippen LogP contribution in [-0.2, 0) is 10.0 Å². The van der Waals surface area contributed by atoms with Gasteiger partial charge in [-0.1, -0.05) is 5.21 Å². The van der Waals surface area contributed by atoms with Crippen molar-refractivity contribution in [3.63, 3.8) is 0 Å². The summed E-state index contributed by atoms with van der Waals surface area (Å²) < 4.78 is 34.8. The Morgan fingerprint density at radius 3 is 2.74 bits per heavy atom. The van der Waals surface area contributed by atoms with Crippen molar-refractivity contribution in [2.75, 3.05) is 24.7 Å². The average molecular weight is 390 g/mol. The minimum atomic E-state index is -3.15. The standard InChI is InChI=1S/C17H23N7O2S/c1-11(2)24-16-14(21-22-24)5-4-12-10-18-17(20-15(12)16)19-13-6-8-23(9-7-13)27(3,25)26/h4-5,10-11,13H,6-9H2,1-3H3,(H,18,19,20)/i5D. The lowest BCUT2D eigenvalue weighted by Crippen LogP contribution is -2.42. The molecular weight excluding hydrogens is 366 g/mol. The van der Waals surface area contributed by atoms with E-state index < -0.39 is 10.0 Å². The fourth-order valence-electron chi connectivity index (χ4n) is 3.39. The van der Waals surface area contributed by atoms with Gasteiger partial charge in [0.15, 0.2) is 0 Å². The molecule has 1 N–H and O–H groups in total. The number of nitrogens with one attached hydrogen (secondary N) is 1. The van der Waals surface area contributed by atoms with Gasteiger partial charge < -0.3 is 5.32 Å². The van der Waals surface area contributed by atoms with Crippen molar-refractivity contribution in [1.29, 1.82) is 0 Å². The molecule has 0 unspecified atom stereocenters. The summed E-state index contributed by atoms with van der Waals surface area (Å²) in [6, 6.07) is 2.19. The predicted octanol–water partition coefficient (Wildman–Crippen LogP) is 1.79. The molecule has 0 aliphatic carbocycles. The molecule has 0 radical (unpaired) electrons. The molecule has 2 aromatic heterocycles. The summed E-state index contributed by atoms with van der Waals surface area (Å²) in [6.07, 6.45) is 4.33. The first-order valence-corrected chi connectivity index (χ1v) is 10.8. The number of aromatic nitrogens is 5. The molecule has 1 fully saturated rings. The molecule has 144 valence electrons. The zero-order valence-corrected chi connectivity index (χ0v) is 16.4. The number of rotatable bonds is 4. The van der Waals surface area contributed by atoms with Gasteiger partial charge in [-0.05, 0) is 38.8 Å². The van der Waals surface area contributed by atoms with Crippen LogP contribution in [0.1, 0.15) is 34.1 Å². The van der Waals surface area contributed by atoms with Gasteiger partial charge in [0.25, 0.3) is 0 Å². The zero-order chi connectivity index (χ0) is 20.1. The number of nitrogens with zero attached hydrogens (tertiary/aromatic N) is 6. The zero-order valence-electron chi connectivity index (χ0n) is 16.5. The minimum Gasteiger partial charge on any atom is -0.351 e. The van der Waals surface area contributed by atoms with Crippen LogP contribution in [-0.4, -0.2) is 63.1 Å². The Morgan fingerprint density at radius 2 is 2.07 bits per heavy atom. The molecule has 10 heteroatoms. The third-order valence-corrected chi connectivity index (χ3v) is 6.15. The van der Waals surface area contributed by atoms with E-state index >= 15 is 0 Å². The third-order valence-electron chi connectivity index (χ3n) is 4.85. The van der Waals surface area contributed by atoms with Crippen LogP contribution in [0.5, 0.6) is 0 Å². The maximum Gasteiger partial charge on any atom is 0.223 e. The molecule has 1 aliphatic rings. The number of hydrogen-bond donors (Lipinski definition) is 1. The van der Waals surface area contributed by atoms with Gasteiger partial charge in [0.2, 0.25) is 16.0 Å². The second-order valence-corrected chi connectivity index (χ2v) is 9.17. The Hall–Kier alpha value is -2.33. The summed E-state index contributed by atoms with van der Waals surface area (Å²) in [5.41, 5.74) is 1.96. The fraction of sp³-hybridized carbons (Fsp3) is 0.529. The van der Waals surface area contributed by atoms with Crippen LogP contribution in [0.15, 0.2) is 18.3 Å². The van der Waals surface area contributed by atoms with Crippen LogP contribution in [0, 0.1) is 0 Å². The van der Waals surface area contributed by atoms with Crippen LogP contribution in [0.3, 0.4) is 0 Å². The maximum atomic E-state index is 11.7. The van der Waals surface area contributed by atoms with Crippen LogP contribution in [0.25, 0.3) is 21.9 Å². The van der Waals surface area contributed by atoms with E-state index in [9.17, 15) is 8.42 Å². The van der Waals surface area contributed by atoms with Crippen molar-refractivity contribution in [2.45, 2.75) is 38.8 Å². The van der Waals surface area contributed by atoms with E-state index in [0.29, 0.717) is 49.0 Å². The van der Waals surface area contributed by atoms with Gasteiger partial charge in [-0.15, -0.1) is 5.10 Å². The van der Waals surface area contributed by atoms with Crippen molar-refractivity contribution in [2.24, 2.45) is 0 Å². The van der Waals surface area contributed by atoms with E-state index in [1.165, 1.54) is 10.6 Å². The molecule has 9 nitrogen and oxygen atoms in total. The first-order chi connectivity index (χ1) is 13.2. The molecular formula is C17H23N7O2S. The quantitative estimate of drug-likeness (QED) is 0.724. The topological polar surface area (TPSA) is 106 Å². The van der Waals surface area contributed by atoms with Gasteiger partial charge in [0.05, 0.1) is 7.63 Å². The number of piperidine rings is 1. The first kappa shape index (κ1) is 16.8. The SMILES string of the molecule is [2H]c1cc2cnc(NC3CCN(S(C)(=O)=O)CC3)nc2c2c1nnn2C(C)C. The van der Waals surface area contributed by atoms with Crippen molar-refractivity contribution in [1.82, 2.24) is 29.3 Å². The fourth-order valence-corrected chi connectivity index (χ4v) is 4.26. The lowest BCUT2D eigenvalue weighted by atomic mass is 10.1. The molecule has 1 aliphatic heterocycles. The number of sulfonamides is 1. The molecule has 1 aromatic carbocycles. The predicted molar refractivity (Wildman–Crippen MR) is 104 cm³/mol. The molecule has 1 saturated heterocycles. The largest absolute Gasteiger partial charge is 0.351 e. The van der Waals surface area contributed by atoms with E-state index in [1.54, 1.807) is 16.9 Å². The smallest absolute Gasteiger partial charge is 0.223 e. The Morgan fingerprint density at radius 1 is 1.33 bits per heavy atom. The van der Waals surface area contributed by atoms with Gasteiger partial charge in [0.1, 0.15) is 16.6 Å². The van der Waals surface area contributed by atoms with E-state index in [-0.39, 0.29) is 12.1 Å². The summed E-state index contributed by atoms with van der Waals surface area (Å²) in [6.45, 7) is 4.99. The van der Waals surface area contributed by atoms with Crippen molar-refractivity contribution >= 4 is 37.9 Å². The lowest BCUT2D eigenvalue weighted by molar-refractivity contribution is 0.331. The molecule has 27 heavy (non-hydrogen) atoms. The molecule has 0 atom stereocenters. The second-order valence-electron chi connectivity index (χ2n) is 7.19. The van der Waals surface area contributed by atoms with Crippen LogP contribution >= 0.6 is 0 Å². The summed E-state index contributed by atoms with van der Waals surface area (Å²) in [5.74, 6) is 0.487. The summed E-state index contributed by atoms with van der Waals surface area (Å²) in [7, 11) is -3.15. The van der Waals surface area contributed by atoms with Gasteiger partial charge in [-0.3, -0.25) is 0 Å². The summed E-state index contributed by atoms with van der Waals surface area (Å²) in [5, 5.41) is 12.4. The highest BCUT2D eigenvalue weighted by molar-refractivity contribution is 7.88. The van der Waals surface area contributed by atoms with E-state index in [4.69, 9.17) is 1.37 Å². The monoisotopic (exact) mass is 390 g/mol. The van der Waals surface area contributed by atoms with Gasteiger partial charge in [-0.25, -0.2) is 27.4 Å². The minimum absolute atomic E-state index is 0.0849. The molecule has 0 spiro atoms. The van der Waals surface area contributed by atoms with Gasteiger partial charge in [-0.2, -0.15) is 0 Å². The van der Waals surface area contributed by atoms with Crippen LogP contribution in [0.4, 0.5) is 5.95 Å². The van der Waals surface area contributed by atoms with Crippen molar-refractivity contribution in [3.05, 3.63) is 18.3 Å². The molecule has 0 saturated carbocycles. The van der Waals surface area contributed by atoms with Crippen LogP contribution in [0.2, 0.25) is 0 Å². The number of benzene rings is 1. The summed E-state index contributed by atoms with van der Waals surface area (Å²) >= 11 is 0. The van der Waals surface area contributed by atoms with E-state index in [1.807, 2.05) is 13.8 Å². The highest BCUT2D eigenvalue weighted by Gasteiger charge is 2.25. The maximum absolute atomic E-state index is 11.7. The van der Waals surface area contributed by atoms with Crippen molar-refractivity contribution < 1.29 is 9.79 Å². The Kier molecular flexibility index (Phi) is 4.16. The van der Waals surface area contributed by atoms with E-state index in [0.717, 1.165) is 10.9 Å².